The Morgan fingerprint density at radius 3 is 2.60 bits per heavy atom. The molecule has 1 aliphatic carbocycles. The molecule has 2 heterocycles. The van der Waals surface area contributed by atoms with E-state index in [4.69, 9.17) is 0 Å². The highest BCUT2D eigenvalue weighted by molar-refractivity contribution is 5.91. The number of carbonyl (C=O) groups is 2. The molecule has 4 heteroatoms. The Morgan fingerprint density at radius 2 is 1.90 bits per heavy atom. The maximum absolute atomic E-state index is 12.6. The lowest BCUT2D eigenvalue weighted by Crippen LogP contribution is -2.47. The lowest BCUT2D eigenvalue weighted by molar-refractivity contribution is -0.135. The predicted octanol–water partition coefficient (Wildman–Crippen LogP) is 2.23. The Bertz CT molecular complexity index is 377. The highest BCUT2D eigenvalue weighted by Gasteiger charge is 2.37. The molecule has 3 rings (SSSR count). The van der Waals surface area contributed by atoms with Gasteiger partial charge in [0.25, 0.3) is 0 Å². The quantitative estimate of drug-likeness (QED) is 0.860. The van der Waals surface area contributed by atoms with Crippen LogP contribution in [-0.2, 0) is 9.59 Å². The normalized spacial score (nSPS) is 31.6. The van der Waals surface area contributed by atoms with E-state index in [1.54, 1.807) is 0 Å². The van der Waals surface area contributed by atoms with Gasteiger partial charge in [0, 0.05) is 19.0 Å². The van der Waals surface area contributed by atoms with Crippen molar-refractivity contribution in [2.75, 3.05) is 6.54 Å². The van der Waals surface area contributed by atoms with Crippen molar-refractivity contribution in [2.24, 2.45) is 5.92 Å². The van der Waals surface area contributed by atoms with Gasteiger partial charge in [-0.3, -0.25) is 9.59 Å². The van der Waals surface area contributed by atoms with E-state index in [0.717, 1.165) is 25.3 Å². The van der Waals surface area contributed by atoms with Crippen molar-refractivity contribution in [3.63, 3.8) is 0 Å². The van der Waals surface area contributed by atoms with Crippen LogP contribution in [0.5, 0.6) is 0 Å². The molecule has 0 aromatic rings. The van der Waals surface area contributed by atoms with E-state index in [2.05, 4.69) is 10.2 Å². The summed E-state index contributed by atoms with van der Waals surface area (Å²) >= 11 is 0. The van der Waals surface area contributed by atoms with Gasteiger partial charge in [-0.25, -0.2) is 0 Å². The third-order valence-corrected chi connectivity index (χ3v) is 5.28. The standard InChI is InChI=1S/C16H26N2O2/c19-15-9-8-14(17-15)16(20)18-10-4-7-13(18)11-12-5-2-1-3-6-12/h12-14H,1-11H2,(H,17,19). The summed E-state index contributed by atoms with van der Waals surface area (Å²) in [4.78, 5) is 25.9. The van der Waals surface area contributed by atoms with Gasteiger partial charge in [-0.1, -0.05) is 32.1 Å². The van der Waals surface area contributed by atoms with Gasteiger partial charge in [-0.2, -0.15) is 0 Å². The maximum Gasteiger partial charge on any atom is 0.245 e. The average Bonchev–Trinajstić information content (AvgIpc) is 3.08. The molecule has 2 amide bonds. The smallest absolute Gasteiger partial charge is 0.245 e. The fourth-order valence-corrected chi connectivity index (χ4v) is 4.18. The summed E-state index contributed by atoms with van der Waals surface area (Å²) in [6.45, 7) is 0.891. The number of hydrogen-bond donors (Lipinski definition) is 1. The minimum Gasteiger partial charge on any atom is -0.344 e. The zero-order valence-electron chi connectivity index (χ0n) is 12.3. The Balaban J connectivity index is 1.57. The molecule has 0 aromatic heterocycles. The molecule has 0 aromatic carbocycles. The SMILES string of the molecule is O=C1CCC(C(=O)N2CCCC2CC2CCCCC2)N1. The van der Waals surface area contributed by atoms with Crippen LogP contribution < -0.4 is 5.32 Å². The van der Waals surface area contributed by atoms with Crippen molar-refractivity contribution in [3.05, 3.63) is 0 Å². The van der Waals surface area contributed by atoms with Gasteiger partial charge >= 0.3 is 0 Å². The largest absolute Gasteiger partial charge is 0.344 e. The average molecular weight is 278 g/mol. The second kappa shape index (κ2) is 6.15. The topological polar surface area (TPSA) is 49.4 Å². The van der Waals surface area contributed by atoms with Crippen LogP contribution in [-0.4, -0.2) is 35.3 Å². The third-order valence-electron chi connectivity index (χ3n) is 5.28. The predicted molar refractivity (Wildman–Crippen MR) is 77.1 cm³/mol. The van der Waals surface area contributed by atoms with E-state index in [9.17, 15) is 9.59 Å². The van der Waals surface area contributed by atoms with E-state index >= 15 is 0 Å². The molecule has 0 bridgehead atoms. The fourth-order valence-electron chi connectivity index (χ4n) is 4.18. The summed E-state index contributed by atoms with van der Waals surface area (Å²) in [6.07, 6.45) is 11.5. The molecular weight excluding hydrogens is 252 g/mol. The first-order valence-corrected chi connectivity index (χ1v) is 8.34. The van der Waals surface area contributed by atoms with Gasteiger partial charge in [0.2, 0.25) is 11.8 Å². The molecule has 2 atom stereocenters. The van der Waals surface area contributed by atoms with Gasteiger partial charge in [0.05, 0.1) is 0 Å². The third kappa shape index (κ3) is 2.99. The van der Waals surface area contributed by atoms with Gasteiger partial charge in [-0.15, -0.1) is 0 Å². The second-order valence-corrected chi connectivity index (χ2v) is 6.73. The number of nitrogens with zero attached hydrogens (tertiary/aromatic N) is 1. The van der Waals surface area contributed by atoms with Gasteiger partial charge in [0.15, 0.2) is 0 Å². The van der Waals surface area contributed by atoms with Gasteiger partial charge in [0.1, 0.15) is 6.04 Å². The van der Waals surface area contributed by atoms with Crippen molar-refractivity contribution >= 4 is 11.8 Å². The minimum absolute atomic E-state index is 0.0337. The molecule has 2 aliphatic heterocycles. The van der Waals surface area contributed by atoms with Crippen molar-refractivity contribution in [1.82, 2.24) is 10.2 Å². The monoisotopic (exact) mass is 278 g/mol. The van der Waals surface area contributed by atoms with Crippen molar-refractivity contribution in [2.45, 2.75) is 76.3 Å². The number of carbonyl (C=O) groups excluding carboxylic acids is 2. The zero-order chi connectivity index (χ0) is 13.9. The van der Waals surface area contributed by atoms with Crippen LogP contribution in [0.25, 0.3) is 0 Å². The van der Waals surface area contributed by atoms with Crippen molar-refractivity contribution < 1.29 is 9.59 Å². The Labute approximate surface area is 121 Å². The van der Waals surface area contributed by atoms with Crippen molar-refractivity contribution in [3.8, 4) is 0 Å². The van der Waals surface area contributed by atoms with E-state index < -0.39 is 0 Å². The van der Waals surface area contributed by atoms with E-state index in [1.807, 2.05) is 0 Å². The summed E-state index contributed by atoms with van der Waals surface area (Å²) < 4.78 is 0. The molecule has 2 saturated heterocycles. The summed E-state index contributed by atoms with van der Waals surface area (Å²) in [6, 6.07) is 0.192. The number of amides is 2. The van der Waals surface area contributed by atoms with Crippen LogP contribution >= 0.6 is 0 Å². The first-order valence-electron chi connectivity index (χ1n) is 8.34. The molecule has 0 radical (unpaired) electrons. The summed E-state index contributed by atoms with van der Waals surface area (Å²) in [5.41, 5.74) is 0. The number of rotatable bonds is 3. The zero-order valence-corrected chi connectivity index (χ0v) is 12.3. The fraction of sp³-hybridized carbons (Fsp3) is 0.875. The Hall–Kier alpha value is -1.06. The Kier molecular flexibility index (Phi) is 4.27. The van der Waals surface area contributed by atoms with Gasteiger partial charge < -0.3 is 10.2 Å². The van der Waals surface area contributed by atoms with Crippen molar-refractivity contribution in [1.29, 1.82) is 0 Å². The molecule has 20 heavy (non-hydrogen) atoms. The molecule has 0 spiro atoms. The molecule has 1 saturated carbocycles. The van der Waals surface area contributed by atoms with Crippen LogP contribution in [0.3, 0.4) is 0 Å². The number of hydrogen-bond acceptors (Lipinski definition) is 2. The number of likely N-dealkylation sites (tertiary alicyclic amines) is 1. The van der Waals surface area contributed by atoms with Crippen LogP contribution in [0.15, 0.2) is 0 Å². The van der Waals surface area contributed by atoms with Crippen LogP contribution in [0.2, 0.25) is 0 Å². The van der Waals surface area contributed by atoms with E-state index in [-0.39, 0.29) is 17.9 Å². The lowest BCUT2D eigenvalue weighted by atomic mass is 9.84. The molecule has 112 valence electrons. The highest BCUT2D eigenvalue weighted by Crippen LogP contribution is 2.32. The van der Waals surface area contributed by atoms with Crippen LogP contribution in [0.1, 0.15) is 64.2 Å². The molecule has 3 aliphatic rings. The second-order valence-electron chi connectivity index (χ2n) is 6.73. The molecule has 2 unspecified atom stereocenters. The van der Waals surface area contributed by atoms with Crippen LogP contribution in [0.4, 0.5) is 0 Å². The highest BCUT2D eigenvalue weighted by atomic mass is 16.2. The molecular formula is C16H26N2O2. The maximum atomic E-state index is 12.6. The van der Waals surface area contributed by atoms with Gasteiger partial charge in [-0.05, 0) is 31.6 Å². The molecule has 1 N–H and O–H groups in total. The summed E-state index contributed by atoms with van der Waals surface area (Å²) in [7, 11) is 0. The molecule has 4 nitrogen and oxygen atoms in total. The molecule has 3 fully saturated rings. The Morgan fingerprint density at radius 1 is 1.10 bits per heavy atom. The van der Waals surface area contributed by atoms with E-state index in [1.165, 1.54) is 38.5 Å². The summed E-state index contributed by atoms with van der Waals surface area (Å²) in [5, 5.41) is 2.82. The van der Waals surface area contributed by atoms with E-state index in [0.29, 0.717) is 18.9 Å². The minimum atomic E-state index is -0.241. The number of nitrogens with one attached hydrogen (secondary N) is 1. The first-order chi connectivity index (χ1) is 9.74. The lowest BCUT2D eigenvalue weighted by Gasteiger charge is -2.31. The summed E-state index contributed by atoms with van der Waals surface area (Å²) in [5.74, 6) is 1.03. The first kappa shape index (κ1) is 13.9. The van der Waals surface area contributed by atoms with Crippen LogP contribution in [0, 0.1) is 5.92 Å².